The standard InChI is InChI=1S/C21H20N4O2S/c1-15-11-16(2)13-18(12-15)25(10-6-9-22)19(26)14-28-21-24-23-20(27-21)17-7-4-3-5-8-17/h3-5,7-8,11-13H,6,10,14H2,1-2H3. The Bertz CT molecular complexity index is 975. The molecular weight excluding hydrogens is 372 g/mol. The minimum absolute atomic E-state index is 0.107. The van der Waals surface area contributed by atoms with Gasteiger partial charge in [0.2, 0.25) is 11.8 Å². The number of carbonyl (C=O) groups excluding carboxylic acids is 1. The number of benzene rings is 2. The number of hydrogen-bond donors (Lipinski definition) is 0. The van der Waals surface area contributed by atoms with Crippen LogP contribution in [0.15, 0.2) is 58.2 Å². The normalized spacial score (nSPS) is 10.5. The molecule has 1 aromatic heterocycles. The molecule has 0 radical (unpaired) electrons. The molecule has 3 rings (SSSR count). The van der Waals surface area contributed by atoms with E-state index in [9.17, 15) is 4.79 Å². The molecule has 0 saturated heterocycles. The molecule has 0 saturated carbocycles. The Morgan fingerprint density at radius 2 is 1.86 bits per heavy atom. The number of nitrogens with zero attached hydrogens (tertiary/aromatic N) is 4. The second-order valence-electron chi connectivity index (χ2n) is 6.33. The summed E-state index contributed by atoms with van der Waals surface area (Å²) < 4.78 is 5.64. The summed E-state index contributed by atoms with van der Waals surface area (Å²) in [7, 11) is 0. The van der Waals surface area contributed by atoms with E-state index in [1.54, 1.807) is 4.90 Å². The van der Waals surface area contributed by atoms with Gasteiger partial charge in [0.1, 0.15) is 0 Å². The molecule has 7 heteroatoms. The van der Waals surface area contributed by atoms with Gasteiger partial charge in [-0.1, -0.05) is 36.0 Å². The minimum atomic E-state index is -0.107. The first-order valence-corrected chi connectivity index (χ1v) is 9.82. The molecule has 0 unspecified atom stereocenters. The molecule has 3 aromatic rings. The molecule has 142 valence electrons. The van der Waals surface area contributed by atoms with E-state index in [0.717, 1.165) is 22.4 Å². The predicted octanol–water partition coefficient (Wildman–Crippen LogP) is 4.39. The van der Waals surface area contributed by atoms with Crippen LogP contribution in [0.25, 0.3) is 11.5 Å². The van der Waals surface area contributed by atoms with E-state index >= 15 is 0 Å². The largest absolute Gasteiger partial charge is 0.411 e. The van der Waals surface area contributed by atoms with Crippen LogP contribution in [0.4, 0.5) is 5.69 Å². The molecule has 0 atom stereocenters. The fraction of sp³-hybridized carbons (Fsp3) is 0.238. The maximum absolute atomic E-state index is 12.8. The molecule has 0 aliphatic carbocycles. The van der Waals surface area contributed by atoms with Gasteiger partial charge in [0.05, 0.1) is 18.2 Å². The van der Waals surface area contributed by atoms with Crippen molar-refractivity contribution in [2.75, 3.05) is 17.2 Å². The number of carbonyl (C=O) groups is 1. The van der Waals surface area contributed by atoms with Crippen LogP contribution in [-0.4, -0.2) is 28.4 Å². The highest BCUT2D eigenvalue weighted by Gasteiger charge is 2.18. The summed E-state index contributed by atoms with van der Waals surface area (Å²) in [6.07, 6.45) is 0.266. The summed E-state index contributed by atoms with van der Waals surface area (Å²) in [5.41, 5.74) is 3.77. The number of hydrogen-bond acceptors (Lipinski definition) is 6. The lowest BCUT2D eigenvalue weighted by atomic mass is 10.1. The highest BCUT2D eigenvalue weighted by molar-refractivity contribution is 7.99. The van der Waals surface area contributed by atoms with Gasteiger partial charge in [-0.15, -0.1) is 10.2 Å². The van der Waals surface area contributed by atoms with Crippen LogP contribution in [0.2, 0.25) is 0 Å². The highest BCUT2D eigenvalue weighted by Crippen LogP contribution is 2.25. The molecule has 1 amide bonds. The molecule has 28 heavy (non-hydrogen) atoms. The van der Waals surface area contributed by atoms with Crippen LogP contribution in [0.1, 0.15) is 17.5 Å². The van der Waals surface area contributed by atoms with Crippen LogP contribution in [-0.2, 0) is 4.79 Å². The molecular formula is C21H20N4O2S. The van der Waals surface area contributed by atoms with Crippen molar-refractivity contribution in [1.29, 1.82) is 5.26 Å². The van der Waals surface area contributed by atoms with Gasteiger partial charge in [-0.05, 0) is 49.2 Å². The lowest BCUT2D eigenvalue weighted by Crippen LogP contribution is -2.33. The van der Waals surface area contributed by atoms with E-state index < -0.39 is 0 Å². The van der Waals surface area contributed by atoms with Crippen molar-refractivity contribution in [3.8, 4) is 17.5 Å². The average molecular weight is 392 g/mol. The van der Waals surface area contributed by atoms with Crippen molar-refractivity contribution in [2.24, 2.45) is 0 Å². The smallest absolute Gasteiger partial charge is 0.277 e. The third-order valence-electron chi connectivity index (χ3n) is 4.01. The molecule has 0 bridgehead atoms. The fourth-order valence-electron chi connectivity index (χ4n) is 2.83. The summed E-state index contributed by atoms with van der Waals surface area (Å²) in [5.74, 6) is 0.463. The van der Waals surface area contributed by atoms with Crippen LogP contribution >= 0.6 is 11.8 Å². The highest BCUT2D eigenvalue weighted by atomic mass is 32.2. The second-order valence-corrected chi connectivity index (χ2v) is 7.25. The van der Waals surface area contributed by atoms with E-state index in [2.05, 4.69) is 22.3 Å². The first kappa shape index (κ1) is 19.6. The van der Waals surface area contributed by atoms with Crippen LogP contribution < -0.4 is 4.90 Å². The van der Waals surface area contributed by atoms with Crippen LogP contribution in [0.3, 0.4) is 0 Å². The Morgan fingerprint density at radius 3 is 2.54 bits per heavy atom. The van der Waals surface area contributed by atoms with Gasteiger partial charge in [0.25, 0.3) is 5.22 Å². The molecule has 1 heterocycles. The SMILES string of the molecule is Cc1cc(C)cc(N(CCC#N)C(=O)CSc2nnc(-c3ccccc3)o2)c1. The Kier molecular flexibility index (Phi) is 6.45. The van der Waals surface area contributed by atoms with Crippen molar-refractivity contribution >= 4 is 23.4 Å². The van der Waals surface area contributed by atoms with Gasteiger partial charge >= 0.3 is 0 Å². The third kappa shape index (κ3) is 4.99. The zero-order chi connectivity index (χ0) is 19.9. The first-order chi connectivity index (χ1) is 13.6. The first-order valence-electron chi connectivity index (χ1n) is 8.84. The molecule has 6 nitrogen and oxygen atoms in total. The van der Waals surface area contributed by atoms with Crippen molar-refractivity contribution in [3.63, 3.8) is 0 Å². The summed E-state index contributed by atoms with van der Waals surface area (Å²) in [5, 5.41) is 17.3. The lowest BCUT2D eigenvalue weighted by Gasteiger charge is -2.22. The molecule has 2 aromatic carbocycles. The van der Waals surface area contributed by atoms with E-state index in [0.29, 0.717) is 17.7 Å². The molecule has 0 fully saturated rings. The van der Waals surface area contributed by atoms with Crippen molar-refractivity contribution < 1.29 is 9.21 Å². The maximum Gasteiger partial charge on any atom is 0.277 e. The number of nitriles is 1. The van der Waals surface area contributed by atoms with Gasteiger partial charge in [0.15, 0.2) is 0 Å². The zero-order valence-corrected chi connectivity index (χ0v) is 16.6. The molecule has 0 aliphatic heterocycles. The van der Waals surface area contributed by atoms with Crippen LogP contribution in [0, 0.1) is 25.2 Å². The zero-order valence-electron chi connectivity index (χ0n) is 15.8. The van der Waals surface area contributed by atoms with Gasteiger partial charge < -0.3 is 9.32 Å². The number of amides is 1. The Morgan fingerprint density at radius 1 is 1.14 bits per heavy atom. The Labute approximate surface area is 168 Å². The van der Waals surface area contributed by atoms with Crippen LogP contribution in [0.5, 0.6) is 0 Å². The molecule has 0 N–H and O–H groups in total. The molecule has 0 aliphatic rings. The minimum Gasteiger partial charge on any atom is -0.411 e. The number of anilines is 1. The van der Waals surface area contributed by atoms with Gasteiger partial charge in [0, 0.05) is 17.8 Å². The van der Waals surface area contributed by atoms with E-state index in [1.165, 1.54) is 11.8 Å². The maximum atomic E-state index is 12.8. The van der Waals surface area contributed by atoms with Crippen molar-refractivity contribution in [1.82, 2.24) is 10.2 Å². The number of rotatable bonds is 7. The number of aromatic nitrogens is 2. The summed E-state index contributed by atoms with van der Waals surface area (Å²) >= 11 is 1.19. The number of aryl methyl sites for hydroxylation is 2. The molecule has 0 spiro atoms. The average Bonchev–Trinajstić information content (AvgIpc) is 3.16. The summed E-state index contributed by atoms with van der Waals surface area (Å²) in [6.45, 7) is 4.32. The van der Waals surface area contributed by atoms with Gasteiger partial charge in [-0.25, -0.2) is 0 Å². The number of thioether (sulfide) groups is 1. The van der Waals surface area contributed by atoms with E-state index in [4.69, 9.17) is 9.68 Å². The van der Waals surface area contributed by atoms with E-state index in [1.807, 2.05) is 56.3 Å². The fourth-order valence-corrected chi connectivity index (χ4v) is 3.47. The Hall–Kier alpha value is -3.11. The van der Waals surface area contributed by atoms with E-state index in [-0.39, 0.29) is 18.1 Å². The monoisotopic (exact) mass is 392 g/mol. The Balaban J connectivity index is 1.70. The predicted molar refractivity (Wildman–Crippen MR) is 109 cm³/mol. The summed E-state index contributed by atoms with van der Waals surface area (Å²) in [4.78, 5) is 14.5. The van der Waals surface area contributed by atoms with Gasteiger partial charge in [-0.2, -0.15) is 5.26 Å². The van der Waals surface area contributed by atoms with Crippen molar-refractivity contribution in [2.45, 2.75) is 25.5 Å². The third-order valence-corrected chi connectivity index (χ3v) is 4.82. The second kappa shape index (κ2) is 9.20. The van der Waals surface area contributed by atoms with Gasteiger partial charge in [-0.3, -0.25) is 4.79 Å². The summed E-state index contributed by atoms with van der Waals surface area (Å²) in [6, 6.07) is 17.5. The topological polar surface area (TPSA) is 83.0 Å². The van der Waals surface area contributed by atoms with Crippen molar-refractivity contribution in [3.05, 3.63) is 59.7 Å². The quantitative estimate of drug-likeness (QED) is 0.555. The lowest BCUT2D eigenvalue weighted by molar-refractivity contribution is -0.116.